The molecule has 3 heterocycles. The molecule has 0 unspecified atom stereocenters. The van der Waals surface area contributed by atoms with Crippen LogP contribution in [0.1, 0.15) is 11.1 Å². The minimum atomic E-state index is -0.299. The molecular weight excluding hydrogens is 347 g/mol. The summed E-state index contributed by atoms with van der Waals surface area (Å²) in [5.41, 5.74) is 2.68. The quantitative estimate of drug-likeness (QED) is 0.744. The number of piperazine rings is 1. The lowest BCUT2D eigenvalue weighted by Crippen LogP contribution is -2.52. The molecule has 0 radical (unpaired) electrons. The largest absolute Gasteiger partial charge is 0.352 e. The number of amides is 2. The lowest BCUT2D eigenvalue weighted by atomic mass is 10.2. The number of aryl methyl sites for hydroxylation is 1. The van der Waals surface area contributed by atoms with Crippen molar-refractivity contribution < 1.29 is 9.18 Å². The summed E-state index contributed by atoms with van der Waals surface area (Å²) in [6.45, 7) is 4.94. The summed E-state index contributed by atoms with van der Waals surface area (Å²) in [5, 5.41) is 3.89. The minimum absolute atomic E-state index is 0.135. The molecule has 1 aliphatic heterocycles. The van der Waals surface area contributed by atoms with E-state index in [2.05, 4.69) is 25.2 Å². The van der Waals surface area contributed by atoms with Gasteiger partial charge >= 0.3 is 6.03 Å². The van der Waals surface area contributed by atoms with E-state index in [1.54, 1.807) is 23.4 Å². The molecule has 7 nitrogen and oxygen atoms in total. The number of fused-ring (bicyclic) bond motifs is 1. The SMILES string of the molecule is Cc1c[nH]c2ncnc(N3CCN(C(=O)NCc4cccc(F)c4)CC3)c12. The lowest BCUT2D eigenvalue weighted by Gasteiger charge is -2.35. The molecule has 0 atom stereocenters. The number of urea groups is 1. The van der Waals surface area contributed by atoms with Crippen molar-refractivity contribution in [2.75, 3.05) is 31.1 Å². The van der Waals surface area contributed by atoms with Crippen LogP contribution in [0.5, 0.6) is 0 Å². The van der Waals surface area contributed by atoms with Crippen molar-refractivity contribution in [1.29, 1.82) is 0 Å². The van der Waals surface area contributed by atoms with E-state index in [1.165, 1.54) is 12.1 Å². The van der Waals surface area contributed by atoms with E-state index >= 15 is 0 Å². The third-order valence-corrected chi connectivity index (χ3v) is 4.85. The summed E-state index contributed by atoms with van der Waals surface area (Å²) in [5.74, 6) is 0.602. The van der Waals surface area contributed by atoms with Crippen molar-refractivity contribution in [1.82, 2.24) is 25.2 Å². The average Bonchev–Trinajstić information content (AvgIpc) is 3.08. The highest BCUT2D eigenvalue weighted by Crippen LogP contribution is 2.26. The molecule has 8 heteroatoms. The van der Waals surface area contributed by atoms with E-state index in [1.807, 2.05) is 13.1 Å². The van der Waals surface area contributed by atoms with Crippen LogP contribution in [0.4, 0.5) is 15.0 Å². The molecule has 0 bridgehead atoms. The van der Waals surface area contributed by atoms with Crippen LogP contribution in [-0.2, 0) is 6.54 Å². The highest BCUT2D eigenvalue weighted by Gasteiger charge is 2.23. The molecule has 4 rings (SSSR count). The van der Waals surface area contributed by atoms with Crippen molar-refractivity contribution in [3.8, 4) is 0 Å². The second-order valence-corrected chi connectivity index (χ2v) is 6.66. The van der Waals surface area contributed by atoms with Crippen molar-refractivity contribution in [3.05, 3.63) is 53.7 Å². The number of rotatable bonds is 3. The van der Waals surface area contributed by atoms with Gasteiger partial charge in [-0.1, -0.05) is 12.1 Å². The van der Waals surface area contributed by atoms with Crippen LogP contribution in [0.25, 0.3) is 11.0 Å². The zero-order chi connectivity index (χ0) is 18.8. The Kier molecular flexibility index (Phi) is 4.62. The van der Waals surface area contributed by atoms with Crippen LogP contribution in [-0.4, -0.2) is 52.1 Å². The van der Waals surface area contributed by atoms with Gasteiger partial charge in [0.1, 0.15) is 23.6 Å². The number of aromatic nitrogens is 3. The zero-order valence-corrected chi connectivity index (χ0v) is 15.1. The molecule has 2 amide bonds. The van der Waals surface area contributed by atoms with Gasteiger partial charge in [0.2, 0.25) is 0 Å². The number of H-pyrrole nitrogens is 1. The fourth-order valence-corrected chi connectivity index (χ4v) is 3.40. The van der Waals surface area contributed by atoms with E-state index in [9.17, 15) is 9.18 Å². The van der Waals surface area contributed by atoms with E-state index in [-0.39, 0.29) is 11.8 Å². The first kappa shape index (κ1) is 17.3. The maximum Gasteiger partial charge on any atom is 0.317 e. The number of benzene rings is 1. The third kappa shape index (κ3) is 3.55. The summed E-state index contributed by atoms with van der Waals surface area (Å²) in [6.07, 6.45) is 3.49. The van der Waals surface area contributed by atoms with Crippen LogP contribution in [0.2, 0.25) is 0 Å². The van der Waals surface area contributed by atoms with Crippen LogP contribution < -0.4 is 10.2 Å². The number of halogens is 1. The molecule has 140 valence electrons. The van der Waals surface area contributed by atoms with E-state index in [0.717, 1.165) is 28.0 Å². The maximum absolute atomic E-state index is 13.2. The molecule has 0 spiro atoms. The summed E-state index contributed by atoms with van der Waals surface area (Å²) in [7, 11) is 0. The van der Waals surface area contributed by atoms with Gasteiger partial charge in [-0.25, -0.2) is 19.2 Å². The van der Waals surface area contributed by atoms with Gasteiger partial charge < -0.3 is 20.1 Å². The van der Waals surface area contributed by atoms with Gasteiger partial charge in [-0.3, -0.25) is 0 Å². The molecule has 1 saturated heterocycles. The standard InChI is InChI=1S/C19H21FN6O/c1-13-10-21-17-16(13)18(24-12-23-17)25-5-7-26(8-6-25)19(27)22-11-14-3-2-4-15(20)9-14/h2-4,9-10,12H,5-8,11H2,1H3,(H,22,27)(H,21,23,24). The number of nitrogens with one attached hydrogen (secondary N) is 2. The van der Waals surface area contributed by atoms with Gasteiger partial charge in [-0.2, -0.15) is 0 Å². The number of anilines is 1. The normalized spacial score (nSPS) is 14.6. The molecule has 1 aliphatic rings. The first-order valence-corrected chi connectivity index (χ1v) is 8.92. The fourth-order valence-electron chi connectivity index (χ4n) is 3.40. The van der Waals surface area contributed by atoms with E-state index in [0.29, 0.717) is 32.7 Å². The second kappa shape index (κ2) is 7.22. The number of nitrogens with zero attached hydrogens (tertiary/aromatic N) is 4. The Labute approximate surface area is 156 Å². The summed E-state index contributed by atoms with van der Waals surface area (Å²) < 4.78 is 13.2. The van der Waals surface area contributed by atoms with Crippen LogP contribution in [0.15, 0.2) is 36.8 Å². The highest BCUT2D eigenvalue weighted by molar-refractivity contribution is 5.90. The summed E-state index contributed by atoms with van der Waals surface area (Å²) in [6, 6.07) is 6.12. The Bertz CT molecular complexity index is 964. The molecule has 27 heavy (non-hydrogen) atoms. The summed E-state index contributed by atoms with van der Waals surface area (Å²) >= 11 is 0. The molecule has 3 aromatic rings. The Hall–Kier alpha value is -3.16. The smallest absolute Gasteiger partial charge is 0.317 e. The Morgan fingerprint density at radius 2 is 2.07 bits per heavy atom. The van der Waals surface area contributed by atoms with Gasteiger partial charge in [0.25, 0.3) is 0 Å². The lowest BCUT2D eigenvalue weighted by molar-refractivity contribution is 0.194. The highest BCUT2D eigenvalue weighted by atomic mass is 19.1. The molecule has 0 aliphatic carbocycles. The first-order valence-electron chi connectivity index (χ1n) is 8.92. The molecule has 1 aromatic carbocycles. The second-order valence-electron chi connectivity index (χ2n) is 6.66. The molecule has 2 N–H and O–H groups in total. The van der Waals surface area contributed by atoms with Crippen LogP contribution in [0, 0.1) is 12.7 Å². The van der Waals surface area contributed by atoms with Gasteiger partial charge in [-0.05, 0) is 30.2 Å². The molecule has 0 saturated carbocycles. The van der Waals surface area contributed by atoms with E-state index < -0.39 is 0 Å². The van der Waals surface area contributed by atoms with Crippen molar-refractivity contribution in [2.45, 2.75) is 13.5 Å². The molecule has 2 aromatic heterocycles. The van der Waals surface area contributed by atoms with Crippen molar-refractivity contribution >= 4 is 22.9 Å². The van der Waals surface area contributed by atoms with Crippen molar-refractivity contribution in [2.24, 2.45) is 0 Å². The fraction of sp³-hybridized carbons (Fsp3) is 0.316. The monoisotopic (exact) mass is 368 g/mol. The zero-order valence-electron chi connectivity index (χ0n) is 15.1. The predicted molar refractivity (Wildman–Crippen MR) is 101 cm³/mol. The van der Waals surface area contributed by atoms with Gasteiger partial charge in [0, 0.05) is 38.9 Å². The number of hydrogen-bond donors (Lipinski definition) is 2. The number of hydrogen-bond acceptors (Lipinski definition) is 4. The minimum Gasteiger partial charge on any atom is -0.352 e. The van der Waals surface area contributed by atoms with E-state index in [4.69, 9.17) is 0 Å². The Morgan fingerprint density at radius 3 is 2.85 bits per heavy atom. The van der Waals surface area contributed by atoms with Gasteiger partial charge in [0.15, 0.2) is 0 Å². The maximum atomic E-state index is 13.2. The van der Waals surface area contributed by atoms with Crippen LogP contribution >= 0.6 is 0 Å². The Balaban J connectivity index is 1.37. The van der Waals surface area contributed by atoms with Crippen molar-refractivity contribution in [3.63, 3.8) is 0 Å². The van der Waals surface area contributed by atoms with Gasteiger partial charge in [0.05, 0.1) is 5.39 Å². The topological polar surface area (TPSA) is 77.2 Å². The molecular formula is C19H21FN6O. The number of aromatic amines is 1. The van der Waals surface area contributed by atoms with Gasteiger partial charge in [-0.15, -0.1) is 0 Å². The predicted octanol–water partition coefficient (Wildman–Crippen LogP) is 2.44. The summed E-state index contributed by atoms with van der Waals surface area (Å²) in [4.78, 5) is 28.2. The molecule has 1 fully saturated rings. The Morgan fingerprint density at radius 1 is 1.26 bits per heavy atom. The first-order chi connectivity index (χ1) is 13.1. The van der Waals surface area contributed by atoms with Crippen LogP contribution in [0.3, 0.4) is 0 Å². The number of carbonyl (C=O) groups excluding carboxylic acids is 1. The third-order valence-electron chi connectivity index (χ3n) is 4.85. The average molecular weight is 368 g/mol. The number of carbonyl (C=O) groups is 1.